The quantitative estimate of drug-likeness (QED) is 0.373. The van der Waals surface area contributed by atoms with Crippen molar-refractivity contribution >= 4 is 45.3 Å². The molecule has 0 spiro atoms. The van der Waals surface area contributed by atoms with E-state index in [1.54, 1.807) is 13.3 Å². The van der Waals surface area contributed by atoms with Crippen molar-refractivity contribution in [3.8, 4) is 5.75 Å². The van der Waals surface area contributed by atoms with E-state index in [2.05, 4.69) is 36.1 Å². The lowest BCUT2D eigenvalue weighted by molar-refractivity contribution is 0.0522. The summed E-state index contributed by atoms with van der Waals surface area (Å²) in [6.45, 7) is 1.41. The Morgan fingerprint density at radius 2 is 1.89 bits per heavy atom. The van der Waals surface area contributed by atoms with Gasteiger partial charge >= 0.3 is 0 Å². The summed E-state index contributed by atoms with van der Waals surface area (Å²) in [4.78, 5) is 6.93. The number of methoxy groups -OCH3 is 1. The lowest BCUT2D eigenvalue weighted by Gasteiger charge is -2.40. The van der Waals surface area contributed by atoms with E-state index in [9.17, 15) is 5.11 Å². The predicted molar refractivity (Wildman–Crippen MR) is 139 cm³/mol. The number of aliphatic hydroxyl groups is 1. The van der Waals surface area contributed by atoms with Crippen molar-refractivity contribution in [2.45, 2.75) is 56.5 Å². The van der Waals surface area contributed by atoms with E-state index in [-0.39, 0.29) is 0 Å². The smallest absolute Gasteiger partial charge is 0.119 e. The molecule has 4 heterocycles. The molecule has 3 atom stereocenters. The fourth-order valence-corrected chi connectivity index (χ4v) is 6.66. The van der Waals surface area contributed by atoms with E-state index >= 15 is 0 Å². The molecular formula is C26H28ClN5O2S. The van der Waals surface area contributed by atoms with Gasteiger partial charge in [-0.25, -0.2) is 0 Å². The van der Waals surface area contributed by atoms with Crippen LogP contribution in [0.15, 0.2) is 42.6 Å². The highest BCUT2D eigenvalue weighted by atomic mass is 35.5. The molecule has 2 aliphatic rings. The summed E-state index contributed by atoms with van der Waals surface area (Å²) >= 11 is 7.81. The molecular weight excluding hydrogens is 482 g/mol. The maximum Gasteiger partial charge on any atom is 0.119 e. The minimum atomic E-state index is -0.689. The maximum atomic E-state index is 11.3. The number of pyridine rings is 1. The zero-order chi connectivity index (χ0) is 23.9. The first kappa shape index (κ1) is 23.1. The fourth-order valence-electron chi connectivity index (χ4n) is 5.86. The molecule has 182 valence electrons. The summed E-state index contributed by atoms with van der Waals surface area (Å²) in [5.74, 6) is 0.729. The van der Waals surface area contributed by atoms with E-state index in [1.807, 2.05) is 24.3 Å². The molecule has 2 saturated heterocycles. The average Bonchev–Trinajstić information content (AvgIpc) is 3.42. The number of benzene rings is 2. The molecule has 0 radical (unpaired) electrons. The van der Waals surface area contributed by atoms with Gasteiger partial charge in [0.2, 0.25) is 0 Å². The molecule has 2 aromatic carbocycles. The third-order valence-electron chi connectivity index (χ3n) is 7.58. The van der Waals surface area contributed by atoms with Gasteiger partial charge in [-0.1, -0.05) is 17.7 Å². The monoisotopic (exact) mass is 509 g/mol. The Kier molecular flexibility index (Phi) is 6.32. The van der Waals surface area contributed by atoms with Gasteiger partial charge in [-0.05, 0) is 61.6 Å². The van der Waals surface area contributed by atoms with Crippen LogP contribution in [0.4, 0.5) is 0 Å². The standard InChI is InChI=1S/C26H28ClN5O2S/c1-34-19-5-7-22-20(11-19)26(21(27)13-29-22)25(33)14-32-17-3-4-18(32)10-16(9-17)28-12-15-2-6-23-24(8-15)31-35-30-23/h2,5-8,11,13,16-18,25,28,33H,3-4,9-10,12,14H2,1H3. The van der Waals surface area contributed by atoms with Crippen molar-refractivity contribution in [1.82, 2.24) is 23.9 Å². The molecule has 0 saturated carbocycles. The molecule has 2 fully saturated rings. The van der Waals surface area contributed by atoms with E-state index in [0.29, 0.717) is 29.7 Å². The van der Waals surface area contributed by atoms with Crippen LogP contribution in [0.5, 0.6) is 5.75 Å². The summed E-state index contributed by atoms with van der Waals surface area (Å²) in [6, 6.07) is 13.4. The number of halogens is 1. The van der Waals surface area contributed by atoms with Crippen molar-refractivity contribution in [1.29, 1.82) is 0 Å². The van der Waals surface area contributed by atoms with E-state index in [0.717, 1.165) is 52.6 Å². The summed E-state index contributed by atoms with van der Waals surface area (Å²) in [6.07, 6.45) is 5.46. The number of fused-ring (bicyclic) bond motifs is 4. The molecule has 2 aliphatic heterocycles. The van der Waals surface area contributed by atoms with Gasteiger partial charge in [0, 0.05) is 48.4 Å². The van der Waals surface area contributed by atoms with Gasteiger partial charge in [0.15, 0.2) is 0 Å². The van der Waals surface area contributed by atoms with Crippen LogP contribution in [0.1, 0.15) is 42.9 Å². The highest BCUT2D eigenvalue weighted by molar-refractivity contribution is 7.00. The first-order valence-corrected chi connectivity index (χ1v) is 13.2. The molecule has 6 rings (SSSR count). The first-order valence-electron chi connectivity index (χ1n) is 12.1. The van der Waals surface area contributed by atoms with Crippen LogP contribution in [-0.2, 0) is 6.54 Å². The van der Waals surface area contributed by atoms with Crippen molar-refractivity contribution in [3.05, 3.63) is 58.7 Å². The summed E-state index contributed by atoms with van der Waals surface area (Å²) < 4.78 is 14.0. The average molecular weight is 510 g/mol. The number of nitrogens with zero attached hydrogens (tertiary/aromatic N) is 4. The van der Waals surface area contributed by atoms with Gasteiger partial charge in [-0.15, -0.1) is 0 Å². The molecule has 9 heteroatoms. The van der Waals surface area contributed by atoms with Crippen molar-refractivity contribution in [2.75, 3.05) is 13.7 Å². The van der Waals surface area contributed by atoms with Gasteiger partial charge in [0.25, 0.3) is 0 Å². The Morgan fingerprint density at radius 3 is 2.69 bits per heavy atom. The number of ether oxygens (including phenoxy) is 1. The number of rotatable bonds is 7. The van der Waals surface area contributed by atoms with Crippen molar-refractivity contribution in [2.24, 2.45) is 0 Å². The second-order valence-electron chi connectivity index (χ2n) is 9.64. The lowest BCUT2D eigenvalue weighted by atomic mass is 9.95. The molecule has 2 bridgehead atoms. The first-order chi connectivity index (χ1) is 17.1. The zero-order valence-corrected chi connectivity index (χ0v) is 21.1. The molecule has 35 heavy (non-hydrogen) atoms. The lowest BCUT2D eigenvalue weighted by Crippen LogP contribution is -2.50. The normalized spacial score (nSPS) is 23.2. The second-order valence-corrected chi connectivity index (χ2v) is 10.6. The van der Waals surface area contributed by atoms with Crippen molar-refractivity contribution in [3.63, 3.8) is 0 Å². The number of aromatic nitrogens is 3. The van der Waals surface area contributed by atoms with Crippen LogP contribution in [-0.4, -0.2) is 55.5 Å². The predicted octanol–water partition coefficient (Wildman–Crippen LogP) is 4.72. The highest BCUT2D eigenvalue weighted by Gasteiger charge is 2.41. The van der Waals surface area contributed by atoms with Crippen molar-refractivity contribution < 1.29 is 9.84 Å². The molecule has 3 unspecified atom stereocenters. The molecule has 7 nitrogen and oxygen atoms in total. The minimum absolute atomic E-state index is 0.465. The van der Waals surface area contributed by atoms with Gasteiger partial charge in [-0.2, -0.15) is 8.75 Å². The number of nitrogens with one attached hydrogen (secondary N) is 1. The van der Waals surface area contributed by atoms with Crippen LogP contribution in [0.3, 0.4) is 0 Å². The summed E-state index contributed by atoms with van der Waals surface area (Å²) in [5.41, 5.74) is 4.72. The Hall–Kier alpha value is -2.36. The van der Waals surface area contributed by atoms with Gasteiger partial charge < -0.3 is 15.2 Å². The second kappa shape index (κ2) is 9.59. The fraction of sp³-hybridized carbons (Fsp3) is 0.423. The van der Waals surface area contributed by atoms with Crippen LogP contribution < -0.4 is 10.1 Å². The van der Waals surface area contributed by atoms with Crippen LogP contribution in [0.2, 0.25) is 5.02 Å². The number of aliphatic hydroxyl groups excluding tert-OH is 1. The topological polar surface area (TPSA) is 83.4 Å². The summed E-state index contributed by atoms with van der Waals surface area (Å²) in [7, 11) is 1.64. The van der Waals surface area contributed by atoms with Crippen LogP contribution in [0, 0.1) is 0 Å². The Labute approximate surface area is 213 Å². The van der Waals surface area contributed by atoms with Gasteiger partial charge in [0.05, 0.1) is 35.5 Å². The SMILES string of the molecule is COc1ccc2ncc(Cl)c(C(O)CN3C4CCC3CC(NCc3ccc5nsnc5c3)C4)c2c1. The largest absolute Gasteiger partial charge is 0.497 e. The zero-order valence-electron chi connectivity index (χ0n) is 19.5. The van der Waals surface area contributed by atoms with E-state index in [4.69, 9.17) is 16.3 Å². The highest BCUT2D eigenvalue weighted by Crippen LogP contribution is 2.39. The minimum Gasteiger partial charge on any atom is -0.497 e. The van der Waals surface area contributed by atoms with E-state index in [1.165, 1.54) is 30.1 Å². The Bertz CT molecular complexity index is 1350. The summed E-state index contributed by atoms with van der Waals surface area (Å²) in [5, 5.41) is 16.5. The number of hydrogen-bond donors (Lipinski definition) is 2. The maximum absolute atomic E-state index is 11.3. The molecule has 2 aromatic heterocycles. The molecule has 0 amide bonds. The molecule has 0 aliphatic carbocycles. The Morgan fingerprint density at radius 1 is 1.11 bits per heavy atom. The third kappa shape index (κ3) is 4.49. The third-order valence-corrected chi connectivity index (χ3v) is 8.44. The van der Waals surface area contributed by atoms with Crippen LogP contribution in [0.25, 0.3) is 21.9 Å². The Balaban J connectivity index is 1.14. The molecule has 4 aromatic rings. The van der Waals surface area contributed by atoms with Gasteiger partial charge in [0.1, 0.15) is 16.8 Å². The molecule has 2 N–H and O–H groups in total. The van der Waals surface area contributed by atoms with Gasteiger partial charge in [-0.3, -0.25) is 9.88 Å². The van der Waals surface area contributed by atoms with E-state index < -0.39 is 6.10 Å². The number of piperidine rings is 1. The van der Waals surface area contributed by atoms with Crippen LogP contribution >= 0.6 is 23.3 Å². The number of hydrogen-bond acceptors (Lipinski definition) is 8.